The maximum atomic E-state index is 4.80. The summed E-state index contributed by atoms with van der Waals surface area (Å²) in [7, 11) is 0. The number of para-hydroxylation sites is 1. The van der Waals surface area contributed by atoms with E-state index < -0.39 is 0 Å². The van der Waals surface area contributed by atoms with Crippen LogP contribution in [0.3, 0.4) is 0 Å². The Kier molecular flexibility index (Phi) is 4.36. The second-order valence-electron chi connectivity index (χ2n) is 7.43. The highest BCUT2D eigenvalue weighted by atomic mass is 15.3. The van der Waals surface area contributed by atoms with Crippen LogP contribution in [0.15, 0.2) is 30.3 Å². The van der Waals surface area contributed by atoms with Crippen LogP contribution in [0.5, 0.6) is 0 Å². The number of rotatable bonds is 3. The molecule has 4 rings (SSSR count). The van der Waals surface area contributed by atoms with Crippen LogP contribution in [-0.2, 0) is 6.42 Å². The molecule has 2 aromatic rings. The molecule has 2 atom stereocenters. The van der Waals surface area contributed by atoms with Crippen molar-refractivity contribution in [3.63, 3.8) is 0 Å². The second kappa shape index (κ2) is 6.66. The van der Waals surface area contributed by atoms with E-state index in [0.29, 0.717) is 12.1 Å². The maximum Gasteiger partial charge on any atom is 0.139 e. The highest BCUT2D eigenvalue weighted by molar-refractivity contribution is 5.70. The van der Waals surface area contributed by atoms with Crippen LogP contribution < -0.4 is 9.80 Å². The van der Waals surface area contributed by atoms with E-state index in [1.165, 1.54) is 36.9 Å². The maximum absolute atomic E-state index is 4.80. The van der Waals surface area contributed by atoms with Gasteiger partial charge in [0.25, 0.3) is 0 Å². The highest BCUT2D eigenvalue weighted by Crippen LogP contribution is 2.38. The molecule has 0 bridgehead atoms. The summed E-state index contributed by atoms with van der Waals surface area (Å²) in [5.74, 6) is 3.01. The molecular weight excluding hydrogens is 308 g/mol. The number of piperidine rings is 1. The van der Waals surface area contributed by atoms with Crippen LogP contribution in [-0.4, -0.2) is 28.6 Å². The van der Waals surface area contributed by atoms with Gasteiger partial charge in [-0.15, -0.1) is 0 Å². The van der Waals surface area contributed by atoms with Gasteiger partial charge < -0.3 is 9.80 Å². The SMILES string of the molecule is CCC1CCCCN1c1cc(N2c3ccccc3CC2C)nc(C)n1. The number of fused-ring (bicyclic) bond motifs is 1. The fourth-order valence-corrected chi connectivity index (χ4v) is 4.45. The molecule has 1 fully saturated rings. The lowest BCUT2D eigenvalue weighted by atomic mass is 10.00. The number of hydrogen-bond donors (Lipinski definition) is 0. The van der Waals surface area contributed by atoms with Crippen molar-refractivity contribution in [2.45, 2.75) is 65.0 Å². The van der Waals surface area contributed by atoms with Crippen molar-refractivity contribution in [2.75, 3.05) is 16.3 Å². The molecule has 132 valence electrons. The third kappa shape index (κ3) is 2.99. The molecule has 1 aromatic heterocycles. The van der Waals surface area contributed by atoms with Crippen LogP contribution in [0.2, 0.25) is 0 Å². The predicted octanol–water partition coefficient (Wildman–Crippen LogP) is 4.64. The van der Waals surface area contributed by atoms with E-state index in [-0.39, 0.29) is 0 Å². The first kappa shape index (κ1) is 16.4. The lowest BCUT2D eigenvalue weighted by molar-refractivity contribution is 0.446. The van der Waals surface area contributed by atoms with Crippen molar-refractivity contribution < 1.29 is 0 Å². The molecule has 25 heavy (non-hydrogen) atoms. The molecule has 0 aliphatic carbocycles. The summed E-state index contributed by atoms with van der Waals surface area (Å²) < 4.78 is 0. The molecule has 0 saturated carbocycles. The van der Waals surface area contributed by atoms with Crippen LogP contribution in [0.4, 0.5) is 17.3 Å². The van der Waals surface area contributed by atoms with Gasteiger partial charge in [-0.1, -0.05) is 25.1 Å². The second-order valence-corrected chi connectivity index (χ2v) is 7.43. The largest absolute Gasteiger partial charge is 0.353 e. The van der Waals surface area contributed by atoms with Gasteiger partial charge >= 0.3 is 0 Å². The van der Waals surface area contributed by atoms with Crippen molar-refractivity contribution in [3.05, 3.63) is 41.7 Å². The van der Waals surface area contributed by atoms with Gasteiger partial charge in [-0.2, -0.15) is 0 Å². The van der Waals surface area contributed by atoms with E-state index in [0.717, 1.165) is 30.4 Å². The van der Waals surface area contributed by atoms with Gasteiger partial charge in [0.15, 0.2) is 0 Å². The minimum Gasteiger partial charge on any atom is -0.353 e. The first-order valence-electron chi connectivity index (χ1n) is 9.67. The van der Waals surface area contributed by atoms with Gasteiger partial charge in [0.05, 0.1) is 0 Å². The average molecular weight is 336 g/mol. The van der Waals surface area contributed by atoms with Crippen molar-refractivity contribution >= 4 is 17.3 Å². The fourth-order valence-electron chi connectivity index (χ4n) is 4.45. The van der Waals surface area contributed by atoms with Crippen molar-refractivity contribution in [1.82, 2.24) is 9.97 Å². The zero-order chi connectivity index (χ0) is 17.4. The van der Waals surface area contributed by atoms with Crippen LogP contribution in [0, 0.1) is 6.92 Å². The molecule has 1 saturated heterocycles. The molecular formula is C21H28N4. The lowest BCUT2D eigenvalue weighted by Crippen LogP contribution is -2.40. The monoisotopic (exact) mass is 336 g/mol. The van der Waals surface area contributed by atoms with E-state index in [2.05, 4.69) is 54.0 Å². The third-order valence-corrected chi connectivity index (χ3v) is 5.66. The Morgan fingerprint density at radius 2 is 1.92 bits per heavy atom. The topological polar surface area (TPSA) is 32.3 Å². The number of hydrogen-bond acceptors (Lipinski definition) is 4. The van der Waals surface area contributed by atoms with Crippen LogP contribution >= 0.6 is 0 Å². The lowest BCUT2D eigenvalue weighted by Gasteiger charge is -2.37. The molecule has 4 heteroatoms. The van der Waals surface area contributed by atoms with Gasteiger partial charge in [0.2, 0.25) is 0 Å². The third-order valence-electron chi connectivity index (χ3n) is 5.66. The first-order chi connectivity index (χ1) is 12.2. The number of aryl methyl sites for hydroxylation is 1. The van der Waals surface area contributed by atoms with Gasteiger partial charge in [0.1, 0.15) is 17.5 Å². The fraction of sp³-hybridized carbons (Fsp3) is 0.524. The molecule has 2 aliphatic heterocycles. The summed E-state index contributed by atoms with van der Waals surface area (Å²) in [4.78, 5) is 14.5. The van der Waals surface area contributed by atoms with E-state index in [1.54, 1.807) is 0 Å². The molecule has 4 nitrogen and oxygen atoms in total. The summed E-state index contributed by atoms with van der Waals surface area (Å²) in [6.45, 7) is 7.70. The molecule has 0 N–H and O–H groups in total. The van der Waals surface area contributed by atoms with E-state index in [1.807, 2.05) is 6.92 Å². The summed E-state index contributed by atoms with van der Waals surface area (Å²) in [6, 6.07) is 12.0. The molecule has 0 radical (unpaired) electrons. The molecule has 2 unspecified atom stereocenters. The van der Waals surface area contributed by atoms with E-state index >= 15 is 0 Å². The van der Waals surface area contributed by atoms with Gasteiger partial charge in [0, 0.05) is 30.4 Å². The minimum absolute atomic E-state index is 0.433. The summed E-state index contributed by atoms with van der Waals surface area (Å²) >= 11 is 0. The molecule has 0 amide bonds. The predicted molar refractivity (Wildman–Crippen MR) is 104 cm³/mol. The Hall–Kier alpha value is -2.10. The summed E-state index contributed by atoms with van der Waals surface area (Å²) in [5.41, 5.74) is 2.71. The Morgan fingerprint density at radius 1 is 1.12 bits per heavy atom. The average Bonchev–Trinajstić information content (AvgIpc) is 2.96. The number of anilines is 3. The van der Waals surface area contributed by atoms with E-state index in [4.69, 9.17) is 9.97 Å². The summed E-state index contributed by atoms with van der Waals surface area (Å²) in [6.07, 6.45) is 6.13. The Labute approximate surface area is 150 Å². The summed E-state index contributed by atoms with van der Waals surface area (Å²) in [5, 5.41) is 0. The van der Waals surface area contributed by atoms with Crippen LogP contribution in [0.1, 0.15) is 50.9 Å². The normalized spacial score (nSPS) is 23.0. The smallest absolute Gasteiger partial charge is 0.139 e. The van der Waals surface area contributed by atoms with Crippen molar-refractivity contribution in [2.24, 2.45) is 0 Å². The van der Waals surface area contributed by atoms with Crippen molar-refractivity contribution in [3.8, 4) is 0 Å². The molecule has 1 aromatic carbocycles. The Bertz CT molecular complexity index is 757. The van der Waals surface area contributed by atoms with E-state index in [9.17, 15) is 0 Å². The Morgan fingerprint density at radius 3 is 2.76 bits per heavy atom. The van der Waals surface area contributed by atoms with Gasteiger partial charge in [-0.25, -0.2) is 9.97 Å². The minimum atomic E-state index is 0.433. The number of aromatic nitrogens is 2. The molecule has 0 spiro atoms. The quantitative estimate of drug-likeness (QED) is 0.817. The number of nitrogens with zero attached hydrogens (tertiary/aromatic N) is 4. The standard InChI is InChI=1S/C21H28N4/c1-4-18-10-7-8-12-24(18)20-14-21(23-16(3)22-20)25-15(2)13-17-9-5-6-11-19(17)25/h5-6,9,11,14-15,18H,4,7-8,10,12-13H2,1-3H3. The first-order valence-corrected chi connectivity index (χ1v) is 9.67. The molecule has 3 heterocycles. The van der Waals surface area contributed by atoms with Gasteiger partial charge in [-0.3, -0.25) is 0 Å². The van der Waals surface area contributed by atoms with Crippen molar-refractivity contribution in [1.29, 1.82) is 0 Å². The Balaban J connectivity index is 1.73. The molecule has 2 aliphatic rings. The zero-order valence-corrected chi connectivity index (χ0v) is 15.6. The zero-order valence-electron chi connectivity index (χ0n) is 15.6. The highest BCUT2D eigenvalue weighted by Gasteiger charge is 2.29. The van der Waals surface area contributed by atoms with Gasteiger partial charge in [-0.05, 0) is 57.6 Å². The number of benzene rings is 1. The van der Waals surface area contributed by atoms with Crippen LogP contribution in [0.25, 0.3) is 0 Å².